The molecule has 5 rings (SSSR count). The van der Waals surface area contributed by atoms with Crippen LogP contribution in [0, 0.1) is 42.9 Å². The predicted molar refractivity (Wildman–Crippen MR) is 187 cm³/mol. The number of Topliss-reactive ketones (excluding diaryl/α,β-unsaturated/α-hetero) is 1. The number of likely N-dealkylation sites (tertiary alicyclic amines) is 1. The fourth-order valence-corrected chi connectivity index (χ4v) is 10.5. The van der Waals surface area contributed by atoms with E-state index >= 15 is 0 Å². The fraction of sp³-hybridized carbons (Fsp3) is 0.765. The van der Waals surface area contributed by atoms with Gasteiger partial charge in [-0.3, -0.25) is 19.2 Å². The highest BCUT2D eigenvalue weighted by Crippen LogP contribution is 2.50. The fourth-order valence-electron chi connectivity index (χ4n) is 7.65. The molecule has 2 heterocycles. The third-order valence-corrected chi connectivity index (χ3v) is 14.2. The number of ketones is 1. The number of hydrogen-bond acceptors (Lipinski definition) is 9. The lowest BCUT2D eigenvalue weighted by Gasteiger charge is -2.38. The number of sulfonamides is 1. The number of nitrogens with one attached hydrogen (secondary N) is 3. The number of piperidine rings is 1. The number of rotatable bonds is 14. The molecule has 5 amide bonds. The van der Waals surface area contributed by atoms with Gasteiger partial charge in [0.15, 0.2) is 4.21 Å². The highest BCUT2D eigenvalue weighted by Gasteiger charge is 2.58. The molecule has 3 saturated carbocycles. The van der Waals surface area contributed by atoms with Crippen molar-refractivity contribution < 1.29 is 32.4 Å². The number of fused-ring (bicyclic) bond motifs is 1. The Balaban J connectivity index is 1.30. The SMILES string of the molecule is Cc1nc(C)c(S(=O)(=O)N(C)C[C@@H](NC(=O)N[C@H](C(=O)N2C[C@@H]3C[C@@H]3[C@H]2C(=O)NC(CC2CC2)C(=O)C(N)=O)C(C)(C)C)C2CCCCC2)s1. The first-order valence-corrected chi connectivity index (χ1v) is 20.1. The first-order valence-electron chi connectivity index (χ1n) is 17.8. The van der Waals surface area contributed by atoms with Gasteiger partial charge >= 0.3 is 6.03 Å². The number of likely N-dealkylation sites (N-methyl/N-ethyl adjacent to an activating group) is 1. The number of aromatic nitrogens is 1. The van der Waals surface area contributed by atoms with Crippen molar-refractivity contribution in [1.29, 1.82) is 0 Å². The van der Waals surface area contributed by atoms with E-state index in [1.54, 1.807) is 13.8 Å². The number of nitrogens with two attached hydrogens (primary N) is 1. The van der Waals surface area contributed by atoms with Crippen LogP contribution >= 0.6 is 11.3 Å². The maximum Gasteiger partial charge on any atom is 0.315 e. The largest absolute Gasteiger partial charge is 0.363 e. The Morgan fingerprint density at radius 1 is 1.02 bits per heavy atom. The molecule has 1 aromatic rings. The summed E-state index contributed by atoms with van der Waals surface area (Å²) in [6.45, 7) is 9.32. The molecule has 1 saturated heterocycles. The molecule has 1 aliphatic heterocycles. The molecular weight excluding hydrogens is 683 g/mol. The second-order valence-corrected chi connectivity index (χ2v) is 19.3. The van der Waals surface area contributed by atoms with Crippen molar-refractivity contribution >= 4 is 50.9 Å². The highest BCUT2D eigenvalue weighted by atomic mass is 32.2. The molecule has 0 spiro atoms. The molecular formula is C34H53N7O7S2. The first-order chi connectivity index (χ1) is 23.4. The molecule has 0 aromatic carbocycles. The van der Waals surface area contributed by atoms with E-state index in [9.17, 15) is 32.4 Å². The van der Waals surface area contributed by atoms with Gasteiger partial charge in [-0.25, -0.2) is 18.2 Å². The Hall–Kier alpha value is -3.11. The topological polar surface area (TPSA) is 201 Å². The minimum Gasteiger partial charge on any atom is -0.363 e. The van der Waals surface area contributed by atoms with E-state index in [1.807, 2.05) is 20.8 Å². The summed E-state index contributed by atoms with van der Waals surface area (Å²) in [5, 5.41) is 9.32. The molecule has 1 aromatic heterocycles. The predicted octanol–water partition coefficient (Wildman–Crippen LogP) is 2.23. The number of carbonyl (C=O) groups is 5. The Morgan fingerprint density at radius 3 is 2.24 bits per heavy atom. The third-order valence-electron chi connectivity index (χ3n) is 10.7. The zero-order chi connectivity index (χ0) is 36.7. The highest BCUT2D eigenvalue weighted by molar-refractivity contribution is 7.91. The number of urea groups is 1. The van der Waals surface area contributed by atoms with E-state index in [0.717, 1.165) is 62.7 Å². The number of aryl methyl sites for hydroxylation is 2. The average Bonchev–Trinajstić information content (AvgIpc) is 3.95. The van der Waals surface area contributed by atoms with Crippen molar-refractivity contribution in [3.8, 4) is 0 Å². The van der Waals surface area contributed by atoms with Gasteiger partial charge in [-0.05, 0) is 68.6 Å². The number of carbonyl (C=O) groups excluding carboxylic acids is 5. The van der Waals surface area contributed by atoms with Gasteiger partial charge in [-0.2, -0.15) is 4.31 Å². The summed E-state index contributed by atoms with van der Waals surface area (Å²) < 4.78 is 28.6. The summed E-state index contributed by atoms with van der Waals surface area (Å²) >= 11 is 1.12. The molecule has 3 aliphatic carbocycles. The van der Waals surface area contributed by atoms with Crippen LogP contribution in [0.3, 0.4) is 0 Å². The second kappa shape index (κ2) is 14.9. The molecule has 0 radical (unpaired) electrons. The normalized spacial score (nSPS) is 24.2. The molecule has 278 valence electrons. The van der Waals surface area contributed by atoms with Gasteiger partial charge in [0, 0.05) is 26.2 Å². The smallest absolute Gasteiger partial charge is 0.315 e. The summed E-state index contributed by atoms with van der Waals surface area (Å²) in [6.07, 6.45) is 7.64. The van der Waals surface area contributed by atoms with E-state index in [2.05, 4.69) is 20.9 Å². The summed E-state index contributed by atoms with van der Waals surface area (Å²) in [5.41, 5.74) is 4.98. The molecule has 6 atom stereocenters. The molecule has 50 heavy (non-hydrogen) atoms. The molecule has 16 heteroatoms. The number of nitrogens with zero attached hydrogens (tertiary/aromatic N) is 3. The molecule has 5 N–H and O–H groups in total. The molecule has 0 bridgehead atoms. The van der Waals surface area contributed by atoms with Gasteiger partial charge in [0.2, 0.25) is 17.6 Å². The summed E-state index contributed by atoms with van der Waals surface area (Å²) in [7, 11) is -2.34. The lowest BCUT2D eigenvalue weighted by atomic mass is 9.83. The van der Waals surface area contributed by atoms with Crippen LogP contribution in [0.25, 0.3) is 0 Å². The number of amides is 5. The van der Waals surface area contributed by atoms with E-state index in [-0.39, 0.29) is 34.4 Å². The Labute approximate surface area is 299 Å². The summed E-state index contributed by atoms with van der Waals surface area (Å²) in [6, 6.07) is -3.98. The standard InChI is InChI=1S/C34H53N7O7S2/c1-18-32(49-19(2)36-18)50(47,48)40(6)17-25(21-10-8-7-9-11-21)38-33(46)39-28(34(3,4)5)31(45)41-16-22-15-23(22)26(41)30(44)37-24(14-20-12-13-20)27(42)29(35)43/h20-26,28H,7-17H2,1-6H3,(H2,35,43)(H,37,44)(H2,38,39,46)/t22-,23-,24?,25+,26-,28+/m0/s1. The quantitative estimate of drug-likeness (QED) is 0.208. The van der Waals surface area contributed by atoms with Gasteiger partial charge in [-0.15, -0.1) is 11.3 Å². The van der Waals surface area contributed by atoms with Crippen LogP contribution in [0.1, 0.15) is 89.3 Å². The summed E-state index contributed by atoms with van der Waals surface area (Å²) in [5.74, 6) is -2.50. The van der Waals surface area contributed by atoms with Gasteiger partial charge in [0.05, 0.1) is 16.7 Å². The van der Waals surface area contributed by atoms with Crippen molar-refractivity contribution in [3.63, 3.8) is 0 Å². The third kappa shape index (κ3) is 8.67. The van der Waals surface area contributed by atoms with E-state index in [4.69, 9.17) is 5.73 Å². The Kier molecular flexibility index (Phi) is 11.3. The lowest BCUT2D eigenvalue weighted by Crippen LogP contribution is -2.62. The molecule has 4 aliphatic rings. The van der Waals surface area contributed by atoms with Crippen molar-refractivity contribution in [2.75, 3.05) is 20.1 Å². The number of primary amides is 1. The zero-order valence-corrected chi connectivity index (χ0v) is 31.6. The number of hydrogen-bond donors (Lipinski definition) is 4. The average molecular weight is 736 g/mol. The maximum atomic E-state index is 14.3. The van der Waals surface area contributed by atoms with E-state index in [1.165, 1.54) is 16.3 Å². The van der Waals surface area contributed by atoms with Gasteiger partial charge < -0.3 is 26.6 Å². The maximum absolute atomic E-state index is 14.3. The van der Waals surface area contributed by atoms with Crippen LogP contribution in [0.4, 0.5) is 4.79 Å². The zero-order valence-electron chi connectivity index (χ0n) is 30.0. The first kappa shape index (κ1) is 38.1. The van der Waals surface area contributed by atoms with Gasteiger partial charge in [0.1, 0.15) is 12.1 Å². The van der Waals surface area contributed by atoms with Crippen LogP contribution < -0.4 is 21.7 Å². The lowest BCUT2D eigenvalue weighted by molar-refractivity contribution is -0.144. The second-order valence-electron chi connectivity index (χ2n) is 15.9. The van der Waals surface area contributed by atoms with E-state index < -0.39 is 69.1 Å². The molecule has 4 fully saturated rings. The summed E-state index contributed by atoms with van der Waals surface area (Å²) in [4.78, 5) is 71.9. The Morgan fingerprint density at radius 2 is 1.68 bits per heavy atom. The Bertz CT molecular complexity index is 1600. The minimum atomic E-state index is -3.85. The van der Waals surface area contributed by atoms with Gasteiger partial charge in [-0.1, -0.05) is 52.9 Å². The monoisotopic (exact) mass is 735 g/mol. The molecule has 1 unspecified atom stereocenters. The van der Waals surface area contributed by atoms with Crippen LogP contribution in [0.5, 0.6) is 0 Å². The number of thiazole rings is 1. The van der Waals surface area contributed by atoms with Crippen molar-refractivity contribution in [2.24, 2.45) is 34.8 Å². The van der Waals surface area contributed by atoms with Crippen molar-refractivity contribution in [3.05, 3.63) is 10.7 Å². The van der Waals surface area contributed by atoms with Gasteiger partial charge in [0.25, 0.3) is 15.9 Å². The van der Waals surface area contributed by atoms with Crippen LogP contribution in [0.2, 0.25) is 0 Å². The van der Waals surface area contributed by atoms with Crippen molar-refractivity contribution in [1.82, 2.24) is 30.1 Å². The van der Waals surface area contributed by atoms with Crippen LogP contribution in [0.15, 0.2) is 4.21 Å². The van der Waals surface area contributed by atoms with Crippen molar-refractivity contribution in [2.45, 2.75) is 121 Å². The van der Waals surface area contributed by atoms with Crippen LogP contribution in [-0.2, 0) is 29.2 Å². The van der Waals surface area contributed by atoms with Crippen LogP contribution in [-0.4, -0.2) is 96.4 Å². The minimum absolute atomic E-state index is 0.0469. The van der Waals surface area contributed by atoms with E-state index in [0.29, 0.717) is 23.7 Å². The molecule has 14 nitrogen and oxygen atoms in total.